The molecule has 0 radical (unpaired) electrons. The molecule has 0 unspecified atom stereocenters. The standard InChI is InChI=1S/C12H14F3N/c1-16-8-11(5-6-11)9-3-2-4-10(7-9)12(13,14)15/h2-4,7,16H,5-6,8H2,1H3. The van der Waals surface area contributed by atoms with Crippen LogP contribution in [0.4, 0.5) is 13.2 Å². The molecule has 0 atom stereocenters. The maximum Gasteiger partial charge on any atom is 0.416 e. The Morgan fingerprint density at radius 2 is 2.00 bits per heavy atom. The molecule has 0 aliphatic heterocycles. The Labute approximate surface area is 92.7 Å². The van der Waals surface area contributed by atoms with Crippen molar-refractivity contribution in [3.8, 4) is 0 Å². The minimum absolute atomic E-state index is 0.0595. The third-order valence-corrected chi connectivity index (χ3v) is 3.17. The lowest BCUT2D eigenvalue weighted by Crippen LogP contribution is -2.23. The molecule has 1 N–H and O–H groups in total. The second-order valence-corrected chi connectivity index (χ2v) is 4.39. The van der Waals surface area contributed by atoms with Crippen LogP contribution in [0.2, 0.25) is 0 Å². The highest BCUT2D eigenvalue weighted by Crippen LogP contribution is 2.48. The predicted octanol–water partition coefficient (Wildman–Crippen LogP) is 2.96. The molecular weight excluding hydrogens is 215 g/mol. The van der Waals surface area contributed by atoms with Crippen molar-refractivity contribution in [2.24, 2.45) is 0 Å². The Morgan fingerprint density at radius 1 is 1.31 bits per heavy atom. The Balaban J connectivity index is 2.30. The van der Waals surface area contributed by atoms with Crippen molar-refractivity contribution in [1.82, 2.24) is 5.32 Å². The summed E-state index contributed by atoms with van der Waals surface area (Å²) in [6.45, 7) is 0.744. The average molecular weight is 229 g/mol. The number of benzene rings is 1. The number of hydrogen-bond donors (Lipinski definition) is 1. The van der Waals surface area contributed by atoms with Crippen LogP contribution in [0.3, 0.4) is 0 Å². The molecule has 4 heteroatoms. The first-order valence-corrected chi connectivity index (χ1v) is 5.30. The van der Waals surface area contributed by atoms with E-state index >= 15 is 0 Å². The molecular formula is C12H14F3N. The zero-order chi connectivity index (χ0) is 11.8. The van der Waals surface area contributed by atoms with Gasteiger partial charge in [-0.3, -0.25) is 0 Å². The second kappa shape index (κ2) is 3.77. The van der Waals surface area contributed by atoms with Gasteiger partial charge in [0, 0.05) is 12.0 Å². The molecule has 1 aromatic carbocycles. The summed E-state index contributed by atoms with van der Waals surface area (Å²) in [4.78, 5) is 0. The van der Waals surface area contributed by atoms with Crippen LogP contribution < -0.4 is 5.32 Å². The molecule has 1 nitrogen and oxygen atoms in total. The highest BCUT2D eigenvalue weighted by Gasteiger charge is 2.44. The quantitative estimate of drug-likeness (QED) is 0.840. The summed E-state index contributed by atoms with van der Waals surface area (Å²) in [6.07, 6.45) is -2.31. The summed E-state index contributed by atoms with van der Waals surface area (Å²) in [6, 6.07) is 5.69. The third-order valence-electron chi connectivity index (χ3n) is 3.17. The molecule has 1 aliphatic carbocycles. The Bertz CT molecular complexity index is 380. The van der Waals surface area contributed by atoms with Gasteiger partial charge in [-0.2, -0.15) is 13.2 Å². The molecule has 1 fully saturated rings. The number of alkyl halides is 3. The summed E-state index contributed by atoms with van der Waals surface area (Å²) in [5.74, 6) is 0. The van der Waals surface area contributed by atoms with Gasteiger partial charge in [0.25, 0.3) is 0 Å². The Kier molecular flexibility index (Phi) is 2.70. The largest absolute Gasteiger partial charge is 0.416 e. The van der Waals surface area contributed by atoms with Crippen LogP contribution in [0.15, 0.2) is 24.3 Å². The van der Waals surface area contributed by atoms with Crippen LogP contribution in [-0.4, -0.2) is 13.6 Å². The normalized spacial score (nSPS) is 18.5. The summed E-state index contributed by atoms with van der Waals surface area (Å²) < 4.78 is 37.6. The fourth-order valence-corrected chi connectivity index (χ4v) is 2.08. The van der Waals surface area contributed by atoms with Gasteiger partial charge in [0.05, 0.1) is 5.56 Å². The van der Waals surface area contributed by atoms with Gasteiger partial charge in [-0.25, -0.2) is 0 Å². The van der Waals surface area contributed by atoms with Gasteiger partial charge in [0.1, 0.15) is 0 Å². The summed E-state index contributed by atoms with van der Waals surface area (Å²) in [5, 5.41) is 3.05. The smallest absolute Gasteiger partial charge is 0.319 e. The maximum atomic E-state index is 12.5. The van der Waals surface area contributed by atoms with Crippen molar-refractivity contribution >= 4 is 0 Å². The van der Waals surface area contributed by atoms with E-state index in [4.69, 9.17) is 0 Å². The minimum atomic E-state index is -4.24. The first-order chi connectivity index (χ1) is 7.48. The van der Waals surface area contributed by atoms with Gasteiger partial charge in [-0.05, 0) is 31.5 Å². The zero-order valence-corrected chi connectivity index (χ0v) is 9.06. The zero-order valence-electron chi connectivity index (χ0n) is 9.06. The van der Waals surface area contributed by atoms with E-state index in [1.807, 2.05) is 7.05 Å². The van der Waals surface area contributed by atoms with Crippen molar-refractivity contribution in [2.45, 2.75) is 24.4 Å². The Morgan fingerprint density at radius 3 is 2.50 bits per heavy atom. The van der Waals surface area contributed by atoms with Crippen LogP contribution >= 0.6 is 0 Å². The van der Waals surface area contributed by atoms with Gasteiger partial charge in [-0.1, -0.05) is 18.2 Å². The minimum Gasteiger partial charge on any atom is -0.319 e. The van der Waals surface area contributed by atoms with Crippen molar-refractivity contribution in [3.63, 3.8) is 0 Å². The van der Waals surface area contributed by atoms with E-state index in [1.54, 1.807) is 6.07 Å². The van der Waals surface area contributed by atoms with Crippen LogP contribution in [0.25, 0.3) is 0 Å². The van der Waals surface area contributed by atoms with Gasteiger partial charge in [-0.15, -0.1) is 0 Å². The van der Waals surface area contributed by atoms with E-state index < -0.39 is 11.7 Å². The summed E-state index contributed by atoms with van der Waals surface area (Å²) >= 11 is 0. The molecule has 0 heterocycles. The molecule has 0 bridgehead atoms. The lowest BCUT2D eigenvalue weighted by atomic mass is 9.94. The highest BCUT2D eigenvalue weighted by atomic mass is 19.4. The number of hydrogen-bond acceptors (Lipinski definition) is 1. The summed E-state index contributed by atoms with van der Waals surface area (Å²) in [7, 11) is 1.83. The molecule has 1 saturated carbocycles. The maximum absolute atomic E-state index is 12.5. The van der Waals surface area contributed by atoms with Gasteiger partial charge >= 0.3 is 6.18 Å². The molecule has 1 aromatic rings. The second-order valence-electron chi connectivity index (χ2n) is 4.39. The van der Waals surface area contributed by atoms with Crippen LogP contribution in [0.1, 0.15) is 24.0 Å². The van der Waals surface area contributed by atoms with Gasteiger partial charge in [0.2, 0.25) is 0 Å². The highest BCUT2D eigenvalue weighted by molar-refractivity contribution is 5.36. The lowest BCUT2D eigenvalue weighted by molar-refractivity contribution is -0.137. The first-order valence-electron chi connectivity index (χ1n) is 5.30. The van der Waals surface area contributed by atoms with E-state index in [1.165, 1.54) is 12.1 Å². The van der Waals surface area contributed by atoms with E-state index in [0.717, 1.165) is 31.0 Å². The van der Waals surface area contributed by atoms with Crippen LogP contribution in [-0.2, 0) is 11.6 Å². The van der Waals surface area contributed by atoms with Crippen LogP contribution in [0.5, 0.6) is 0 Å². The van der Waals surface area contributed by atoms with E-state index in [9.17, 15) is 13.2 Å². The monoisotopic (exact) mass is 229 g/mol. The molecule has 88 valence electrons. The molecule has 0 amide bonds. The van der Waals surface area contributed by atoms with Gasteiger partial charge in [0.15, 0.2) is 0 Å². The molecule has 2 rings (SSSR count). The number of likely N-dealkylation sites (N-methyl/N-ethyl adjacent to an activating group) is 1. The number of halogens is 3. The first kappa shape index (κ1) is 11.5. The topological polar surface area (TPSA) is 12.0 Å². The lowest BCUT2D eigenvalue weighted by Gasteiger charge is -2.17. The molecule has 16 heavy (non-hydrogen) atoms. The van der Waals surface area contributed by atoms with Crippen LogP contribution in [0, 0.1) is 0 Å². The predicted molar refractivity (Wildman–Crippen MR) is 56.3 cm³/mol. The Hall–Kier alpha value is -1.03. The van der Waals surface area contributed by atoms with E-state index in [2.05, 4.69) is 5.32 Å². The third kappa shape index (κ3) is 2.07. The number of rotatable bonds is 3. The van der Waals surface area contributed by atoms with E-state index in [0.29, 0.717) is 0 Å². The van der Waals surface area contributed by atoms with E-state index in [-0.39, 0.29) is 5.41 Å². The number of nitrogens with one attached hydrogen (secondary N) is 1. The molecule has 0 spiro atoms. The van der Waals surface area contributed by atoms with Crippen molar-refractivity contribution < 1.29 is 13.2 Å². The fourth-order valence-electron chi connectivity index (χ4n) is 2.08. The summed E-state index contributed by atoms with van der Waals surface area (Å²) in [5.41, 5.74) is 0.194. The van der Waals surface area contributed by atoms with Crippen molar-refractivity contribution in [2.75, 3.05) is 13.6 Å². The van der Waals surface area contributed by atoms with Crippen molar-refractivity contribution in [3.05, 3.63) is 35.4 Å². The molecule has 1 aliphatic rings. The van der Waals surface area contributed by atoms with Crippen molar-refractivity contribution in [1.29, 1.82) is 0 Å². The average Bonchev–Trinajstić information content (AvgIpc) is 2.99. The molecule has 0 aromatic heterocycles. The fraction of sp³-hybridized carbons (Fsp3) is 0.500. The molecule has 0 saturated heterocycles. The van der Waals surface area contributed by atoms with Gasteiger partial charge < -0.3 is 5.32 Å². The SMILES string of the molecule is CNCC1(c2cccc(C(F)(F)F)c2)CC1.